The number of imidazole rings is 1. The minimum atomic E-state index is -0.333. The number of rotatable bonds is 3. The maximum absolute atomic E-state index is 12.8. The van der Waals surface area contributed by atoms with Gasteiger partial charge in [0.25, 0.3) is 5.91 Å². The second-order valence-electron chi connectivity index (χ2n) is 5.00. The third-order valence-electron chi connectivity index (χ3n) is 3.26. The van der Waals surface area contributed by atoms with E-state index in [9.17, 15) is 9.18 Å². The van der Waals surface area contributed by atoms with Crippen LogP contribution in [0.25, 0.3) is 11.0 Å². The van der Waals surface area contributed by atoms with Crippen molar-refractivity contribution < 1.29 is 9.18 Å². The first-order chi connectivity index (χ1) is 11.6. The molecule has 0 fully saturated rings. The van der Waals surface area contributed by atoms with E-state index in [1.807, 2.05) is 24.3 Å². The first kappa shape index (κ1) is 15.9. The van der Waals surface area contributed by atoms with Crippen LogP contribution < -0.4 is 16.2 Å². The van der Waals surface area contributed by atoms with Gasteiger partial charge in [0.1, 0.15) is 12.4 Å². The number of anilines is 1. The number of hydrogen-bond acceptors (Lipinski definition) is 3. The smallest absolute Gasteiger partial charge is 0.258 e. The molecule has 0 aliphatic heterocycles. The van der Waals surface area contributed by atoms with Gasteiger partial charge in [0.05, 0.1) is 17.4 Å². The van der Waals surface area contributed by atoms with Gasteiger partial charge in [0.2, 0.25) is 0 Å². The minimum Gasteiger partial charge on any atom is -0.331 e. The van der Waals surface area contributed by atoms with E-state index in [0.29, 0.717) is 5.69 Å². The van der Waals surface area contributed by atoms with Crippen LogP contribution >= 0.6 is 12.2 Å². The monoisotopic (exact) mass is 343 g/mol. The number of benzene rings is 2. The highest BCUT2D eigenvalue weighted by Gasteiger charge is 2.07. The van der Waals surface area contributed by atoms with Crippen molar-refractivity contribution in [3.63, 3.8) is 0 Å². The topological polar surface area (TPSA) is 71.0 Å². The Morgan fingerprint density at radius 1 is 1.12 bits per heavy atom. The molecule has 3 N–H and O–H groups in total. The van der Waals surface area contributed by atoms with E-state index in [0.717, 1.165) is 11.0 Å². The highest BCUT2D eigenvalue weighted by atomic mass is 32.1. The average molecular weight is 343 g/mol. The molecule has 3 aromatic rings. The van der Waals surface area contributed by atoms with Crippen molar-refractivity contribution in [2.24, 2.45) is 0 Å². The van der Waals surface area contributed by atoms with Gasteiger partial charge in [-0.25, -0.2) is 9.37 Å². The van der Waals surface area contributed by atoms with Crippen LogP contribution in [-0.2, 0) is 11.3 Å². The van der Waals surface area contributed by atoms with Crippen molar-refractivity contribution in [2.75, 3.05) is 5.32 Å². The third-order valence-corrected chi connectivity index (χ3v) is 3.46. The van der Waals surface area contributed by atoms with Crippen molar-refractivity contribution in [3.05, 3.63) is 60.7 Å². The molecule has 0 atom stereocenters. The van der Waals surface area contributed by atoms with Crippen LogP contribution in [0.3, 0.4) is 0 Å². The molecule has 2 aromatic carbocycles. The summed E-state index contributed by atoms with van der Waals surface area (Å²) in [5, 5.41) is 3.03. The fourth-order valence-electron chi connectivity index (χ4n) is 2.15. The van der Waals surface area contributed by atoms with Crippen molar-refractivity contribution >= 4 is 40.0 Å². The molecule has 6 nitrogen and oxygen atoms in total. The summed E-state index contributed by atoms with van der Waals surface area (Å²) in [5.74, 6) is -0.610. The zero-order valence-corrected chi connectivity index (χ0v) is 13.3. The van der Waals surface area contributed by atoms with Crippen LogP contribution in [-0.4, -0.2) is 20.6 Å². The van der Waals surface area contributed by atoms with Crippen LogP contribution in [0.15, 0.2) is 54.9 Å². The van der Waals surface area contributed by atoms with Gasteiger partial charge in [0.15, 0.2) is 5.11 Å². The second-order valence-corrected chi connectivity index (χ2v) is 5.40. The quantitative estimate of drug-likeness (QED) is 0.502. The molecule has 0 bridgehead atoms. The molecule has 0 aliphatic carbocycles. The Hall–Kier alpha value is -3.00. The molecule has 0 saturated carbocycles. The van der Waals surface area contributed by atoms with Gasteiger partial charge in [0, 0.05) is 5.69 Å². The number of fused-ring (bicyclic) bond motifs is 1. The first-order valence-corrected chi connectivity index (χ1v) is 7.54. The third kappa shape index (κ3) is 3.85. The van der Waals surface area contributed by atoms with Gasteiger partial charge >= 0.3 is 0 Å². The number of amides is 1. The number of halogens is 1. The maximum Gasteiger partial charge on any atom is 0.258 e. The predicted molar refractivity (Wildman–Crippen MR) is 93.6 cm³/mol. The maximum atomic E-state index is 12.8. The Labute approximate surface area is 142 Å². The lowest BCUT2D eigenvalue weighted by Crippen LogP contribution is -2.45. The van der Waals surface area contributed by atoms with E-state index in [2.05, 4.69) is 21.2 Å². The van der Waals surface area contributed by atoms with Gasteiger partial charge < -0.3 is 9.88 Å². The lowest BCUT2D eigenvalue weighted by Gasteiger charge is -2.12. The number of carbonyl (C=O) groups is 1. The molecular formula is C16H14FN5OS. The molecule has 8 heteroatoms. The summed E-state index contributed by atoms with van der Waals surface area (Å²) < 4.78 is 14.6. The Kier molecular flexibility index (Phi) is 4.66. The number of nitrogens with zero attached hydrogens (tertiary/aromatic N) is 2. The lowest BCUT2D eigenvalue weighted by atomic mass is 10.3. The number of hydrazine groups is 1. The Balaban J connectivity index is 1.52. The molecule has 0 aliphatic rings. The summed E-state index contributed by atoms with van der Waals surface area (Å²) in [6.07, 6.45) is 1.61. The van der Waals surface area contributed by atoms with Crippen molar-refractivity contribution in [1.82, 2.24) is 20.4 Å². The van der Waals surface area contributed by atoms with Gasteiger partial charge in [-0.05, 0) is 48.6 Å². The van der Waals surface area contributed by atoms with E-state index in [-0.39, 0.29) is 23.4 Å². The van der Waals surface area contributed by atoms with E-state index < -0.39 is 0 Å². The van der Waals surface area contributed by atoms with Crippen molar-refractivity contribution in [3.8, 4) is 0 Å². The molecule has 1 amide bonds. The fourth-order valence-corrected chi connectivity index (χ4v) is 2.32. The summed E-state index contributed by atoms with van der Waals surface area (Å²) in [5.41, 5.74) is 7.42. The summed E-state index contributed by atoms with van der Waals surface area (Å²) in [6.45, 7) is 0.104. The van der Waals surface area contributed by atoms with Crippen LogP contribution in [0.2, 0.25) is 0 Å². The van der Waals surface area contributed by atoms with Crippen LogP contribution in [0.1, 0.15) is 0 Å². The van der Waals surface area contributed by atoms with E-state index in [1.165, 1.54) is 12.1 Å². The fraction of sp³-hybridized carbons (Fsp3) is 0.0625. The number of nitrogens with one attached hydrogen (secondary N) is 3. The summed E-state index contributed by atoms with van der Waals surface area (Å²) >= 11 is 5.06. The number of para-hydroxylation sites is 2. The largest absolute Gasteiger partial charge is 0.331 e. The molecule has 24 heavy (non-hydrogen) atoms. The highest BCUT2D eigenvalue weighted by Crippen LogP contribution is 2.11. The Morgan fingerprint density at radius 3 is 2.67 bits per heavy atom. The Bertz CT molecular complexity index is 878. The molecule has 0 saturated heterocycles. The summed E-state index contributed by atoms with van der Waals surface area (Å²) in [4.78, 5) is 16.2. The summed E-state index contributed by atoms with van der Waals surface area (Å²) in [6, 6.07) is 13.3. The molecule has 0 radical (unpaired) electrons. The van der Waals surface area contributed by atoms with E-state index in [1.54, 1.807) is 23.0 Å². The van der Waals surface area contributed by atoms with Crippen LogP contribution in [0.5, 0.6) is 0 Å². The first-order valence-electron chi connectivity index (χ1n) is 7.13. The van der Waals surface area contributed by atoms with Gasteiger partial charge in [-0.2, -0.15) is 0 Å². The zero-order valence-electron chi connectivity index (χ0n) is 12.5. The highest BCUT2D eigenvalue weighted by molar-refractivity contribution is 7.80. The van der Waals surface area contributed by atoms with Gasteiger partial charge in [-0.3, -0.25) is 15.6 Å². The molecule has 1 aromatic heterocycles. The van der Waals surface area contributed by atoms with E-state index in [4.69, 9.17) is 12.2 Å². The van der Waals surface area contributed by atoms with Gasteiger partial charge in [-0.15, -0.1) is 0 Å². The molecule has 122 valence electrons. The number of thiocarbonyl (C=S) groups is 1. The number of hydrogen-bond donors (Lipinski definition) is 3. The lowest BCUT2D eigenvalue weighted by molar-refractivity contribution is -0.122. The molecule has 0 spiro atoms. The SMILES string of the molecule is O=C(Cn1cnc2ccccc21)NNC(=S)Nc1ccc(F)cc1. The van der Waals surface area contributed by atoms with Crippen LogP contribution in [0, 0.1) is 5.82 Å². The van der Waals surface area contributed by atoms with Crippen molar-refractivity contribution in [1.29, 1.82) is 0 Å². The normalized spacial score (nSPS) is 10.4. The predicted octanol–water partition coefficient (Wildman–Crippen LogP) is 2.19. The second kappa shape index (κ2) is 7.05. The van der Waals surface area contributed by atoms with Gasteiger partial charge in [-0.1, -0.05) is 12.1 Å². The molecule has 3 rings (SSSR count). The number of aromatic nitrogens is 2. The van der Waals surface area contributed by atoms with Crippen molar-refractivity contribution in [2.45, 2.75) is 6.54 Å². The van der Waals surface area contributed by atoms with Crippen LogP contribution in [0.4, 0.5) is 10.1 Å². The minimum absolute atomic E-state index is 0.104. The molecular weight excluding hydrogens is 329 g/mol. The molecule has 1 heterocycles. The van der Waals surface area contributed by atoms with E-state index >= 15 is 0 Å². The average Bonchev–Trinajstić information content (AvgIpc) is 2.98. The standard InChI is InChI=1S/C16H14FN5OS/c17-11-5-7-12(8-6-11)19-16(24)21-20-15(23)9-22-10-18-13-3-1-2-4-14(13)22/h1-8,10H,9H2,(H,20,23)(H2,19,21,24). The zero-order chi connectivity index (χ0) is 16.9. The summed E-state index contributed by atoms with van der Waals surface area (Å²) in [7, 11) is 0. The number of carbonyl (C=O) groups excluding carboxylic acids is 1. The Morgan fingerprint density at radius 2 is 1.88 bits per heavy atom. The molecule has 0 unspecified atom stereocenters.